The van der Waals surface area contributed by atoms with E-state index in [2.05, 4.69) is 20.8 Å². The van der Waals surface area contributed by atoms with Gasteiger partial charge in [0, 0.05) is 23.5 Å². The summed E-state index contributed by atoms with van der Waals surface area (Å²) in [5, 5.41) is 0. The molecule has 4 rings (SSSR count). The van der Waals surface area contributed by atoms with Crippen LogP contribution in [0.3, 0.4) is 0 Å². The third kappa shape index (κ3) is 16.4. The normalized spacial score (nSPS) is 11.3. The molecule has 0 radical (unpaired) electrons. The zero-order valence-corrected chi connectivity index (χ0v) is 42.7. The number of hydrogen-bond donors (Lipinski definition) is 0. The van der Waals surface area contributed by atoms with E-state index in [1.165, 1.54) is 118 Å². The number of benzene rings is 4. The Balaban J connectivity index is 1.86. The van der Waals surface area contributed by atoms with Gasteiger partial charge >= 0.3 is 23.6 Å². The van der Waals surface area contributed by atoms with Crippen LogP contribution in [-0.4, -0.2) is 51.6 Å². The van der Waals surface area contributed by atoms with Crippen molar-refractivity contribution in [2.45, 2.75) is 136 Å². The molecule has 358 valence electrons. The fraction of sp³-hybridized carbons (Fsp3) is 0.472. The van der Waals surface area contributed by atoms with Crippen LogP contribution in [-0.2, 0) is 0 Å². The van der Waals surface area contributed by atoms with Crippen molar-refractivity contribution in [3.05, 3.63) is 119 Å². The summed E-state index contributed by atoms with van der Waals surface area (Å²) in [6, 6.07) is 25.7. The van der Waals surface area contributed by atoms with Crippen LogP contribution in [0, 0.1) is 0 Å². The molecule has 0 aliphatic carbocycles. The first-order chi connectivity index (χ1) is 32.4. The van der Waals surface area contributed by atoms with E-state index in [9.17, 15) is 0 Å². The summed E-state index contributed by atoms with van der Waals surface area (Å²) >= 11 is 4.58. The predicted molar refractivity (Wildman–Crippen MR) is 277 cm³/mol. The molecular weight excluding hydrogens is 907 g/mol. The van der Waals surface area contributed by atoms with Crippen LogP contribution in [0.5, 0.6) is 23.0 Å². The smallest absolute Gasteiger partial charge is 0.373 e. The Kier molecular flexibility index (Phi) is 26.5. The zero-order valence-electron chi connectivity index (χ0n) is 39.4. The number of hydrogen-bond acceptors (Lipinski definition) is 12. The number of imide groups is 6. The van der Waals surface area contributed by atoms with E-state index in [4.69, 9.17) is 16.7 Å². The minimum Gasteiger partial charge on any atom is -0.425 e. The Morgan fingerprint density at radius 2 is 0.606 bits per heavy atom. The largest absolute Gasteiger partial charge is 0.425 e. The van der Waals surface area contributed by atoms with E-state index in [0.29, 0.717) is 17.3 Å². The van der Waals surface area contributed by atoms with Gasteiger partial charge < -0.3 is 16.7 Å². The van der Waals surface area contributed by atoms with Crippen molar-refractivity contribution in [3.8, 4) is 23.0 Å². The maximum Gasteiger partial charge on any atom is 0.373 e. The van der Waals surface area contributed by atoms with E-state index in [1.54, 1.807) is 79.1 Å². The molecule has 0 fully saturated rings. The molecule has 0 bridgehead atoms. The van der Waals surface area contributed by atoms with Gasteiger partial charge in [-0.25, -0.2) is 19.2 Å². The van der Waals surface area contributed by atoms with E-state index in [1.807, 2.05) is 0 Å². The number of para-hydroxylation sites is 4. The van der Waals surface area contributed by atoms with Crippen molar-refractivity contribution in [2.24, 2.45) is 0 Å². The molecule has 0 aromatic heterocycles. The monoisotopic (exact) mass is 976 g/mol. The lowest BCUT2D eigenvalue weighted by Gasteiger charge is -2.30. The first-order valence-electron chi connectivity index (χ1n) is 23.9. The molecule has 66 heavy (non-hydrogen) atoms. The molecule has 0 spiro atoms. The summed E-state index contributed by atoms with van der Waals surface area (Å²) in [7, 11) is 0. The molecule has 13 heteroatoms. The van der Waals surface area contributed by atoms with Crippen LogP contribution >= 0.6 is 48.2 Å². The highest BCUT2D eigenvalue weighted by Crippen LogP contribution is 2.39. The van der Waals surface area contributed by atoms with E-state index in [0.717, 1.165) is 69.8 Å². The lowest BCUT2D eigenvalue weighted by Crippen LogP contribution is -2.64. The Bertz CT molecular complexity index is 1900. The van der Waals surface area contributed by atoms with Crippen molar-refractivity contribution < 1.29 is 40.4 Å². The van der Waals surface area contributed by atoms with Gasteiger partial charge in [0.15, 0.2) is 23.0 Å². The maximum absolute atomic E-state index is 16.0. The molecule has 0 unspecified atom stereocenters. The molecule has 0 aliphatic heterocycles. The van der Waals surface area contributed by atoms with Crippen LogP contribution < -0.4 is 16.7 Å². The molecule has 4 aromatic rings. The summed E-state index contributed by atoms with van der Waals surface area (Å²) < 4.78 is 22.6. The van der Waals surface area contributed by atoms with Crippen molar-refractivity contribution in [2.75, 3.05) is 23.5 Å². The Labute approximate surface area is 412 Å². The second kappa shape index (κ2) is 32.0. The SMILES string of the molecule is CCCCCCCCSOc1ccccc1C(=O)[N+](C(=O)c1ccccc1OSC)(C(=O)c1ccccc1OSCCCCCCCC)C(=O)c1ccccc1OSCCCCCCCC. The highest BCUT2D eigenvalue weighted by molar-refractivity contribution is 7.95. The number of carbonyl (C=O) groups is 4. The van der Waals surface area contributed by atoms with Crippen molar-refractivity contribution in [1.29, 1.82) is 0 Å². The van der Waals surface area contributed by atoms with Gasteiger partial charge in [0.05, 0.1) is 48.2 Å². The highest BCUT2D eigenvalue weighted by atomic mass is 32.2. The molecule has 4 amide bonds. The molecule has 0 N–H and O–H groups in total. The summed E-state index contributed by atoms with van der Waals surface area (Å²) in [5.41, 5.74) is -0.474. The van der Waals surface area contributed by atoms with Gasteiger partial charge in [-0.3, -0.25) is 0 Å². The average Bonchev–Trinajstić information content (AvgIpc) is 3.34. The van der Waals surface area contributed by atoms with Gasteiger partial charge in [-0.1, -0.05) is 170 Å². The van der Waals surface area contributed by atoms with Gasteiger partial charge in [0.2, 0.25) is 0 Å². The minimum atomic E-state index is -1.94. The van der Waals surface area contributed by atoms with Crippen LogP contribution in [0.4, 0.5) is 0 Å². The number of quaternary nitrogens is 1. The summed E-state index contributed by atoms with van der Waals surface area (Å²) in [6.07, 6.45) is 21.6. The molecule has 4 aromatic carbocycles. The summed E-state index contributed by atoms with van der Waals surface area (Å²) in [6.45, 7) is 6.57. The first kappa shape index (κ1) is 54.7. The van der Waals surface area contributed by atoms with Crippen molar-refractivity contribution >= 4 is 71.8 Å². The molecule has 0 aliphatic rings. The third-order valence-electron chi connectivity index (χ3n) is 11.1. The molecule has 0 heterocycles. The number of rotatable bonds is 33. The van der Waals surface area contributed by atoms with Gasteiger partial charge in [0.25, 0.3) is 0 Å². The molecule has 0 saturated carbocycles. The first-order valence-corrected chi connectivity index (χ1v) is 27.8. The van der Waals surface area contributed by atoms with E-state index < -0.39 is 28.1 Å². The number of nitrogens with zero attached hydrogens (tertiary/aromatic N) is 1. The number of amides is 4. The fourth-order valence-electron chi connectivity index (χ4n) is 7.37. The van der Waals surface area contributed by atoms with E-state index >= 15 is 19.2 Å². The highest BCUT2D eigenvalue weighted by Gasteiger charge is 2.62. The Morgan fingerprint density at radius 1 is 0.364 bits per heavy atom. The molecule has 9 nitrogen and oxygen atoms in total. The zero-order chi connectivity index (χ0) is 47.2. The van der Waals surface area contributed by atoms with Crippen LogP contribution in [0.2, 0.25) is 0 Å². The van der Waals surface area contributed by atoms with E-state index in [-0.39, 0.29) is 45.3 Å². The van der Waals surface area contributed by atoms with Gasteiger partial charge in [-0.05, 0) is 67.8 Å². The van der Waals surface area contributed by atoms with Gasteiger partial charge in [-0.15, -0.1) is 0 Å². The Hall–Kier alpha value is -3.88. The van der Waals surface area contributed by atoms with Crippen LogP contribution in [0.25, 0.3) is 0 Å². The number of unbranched alkanes of at least 4 members (excludes halogenated alkanes) is 15. The lowest BCUT2D eigenvalue weighted by molar-refractivity contribution is -0.587. The molecular formula is C53H70NO8S4+. The van der Waals surface area contributed by atoms with Gasteiger partial charge in [-0.2, -0.15) is 0 Å². The predicted octanol–water partition coefficient (Wildman–Crippen LogP) is 16.0. The summed E-state index contributed by atoms with van der Waals surface area (Å²) in [5.74, 6) is -1.92. The topological polar surface area (TPSA) is 105 Å². The minimum absolute atomic E-state index is 0.0861. The molecule has 0 atom stereocenters. The second-order valence-electron chi connectivity index (χ2n) is 16.1. The lowest BCUT2D eigenvalue weighted by atomic mass is 10.0. The van der Waals surface area contributed by atoms with Gasteiger partial charge in [0.1, 0.15) is 22.3 Å². The van der Waals surface area contributed by atoms with Crippen molar-refractivity contribution in [3.63, 3.8) is 0 Å². The fourth-order valence-corrected chi connectivity index (χ4v) is 9.73. The molecule has 0 saturated heterocycles. The Morgan fingerprint density at radius 3 is 0.879 bits per heavy atom. The third-order valence-corrected chi connectivity index (χ3v) is 13.7. The standard InChI is InChI=1S/C53H70NO8S4/c1-5-8-11-14-17-28-39-64-60-47-36-25-21-32-43(47)51(56)54(50(55)42-31-20-24-35-46(42)59-63-4,52(57)44-33-22-26-37-48(44)61-65-40-29-18-15-12-9-6-2)53(58)45-34-23-27-38-49(45)62-66-41-30-19-16-13-10-7-3/h20-27,31-38H,5-19,28-30,39-41H2,1-4H3/q+1. The number of carbonyl (C=O) groups excluding carboxylic acids is 4. The van der Waals surface area contributed by atoms with Crippen LogP contribution in [0.1, 0.15) is 178 Å². The van der Waals surface area contributed by atoms with Crippen LogP contribution in [0.15, 0.2) is 97.1 Å². The maximum atomic E-state index is 16.0. The average molecular weight is 977 g/mol. The second-order valence-corrected chi connectivity index (χ2v) is 19.1. The van der Waals surface area contributed by atoms with Crippen molar-refractivity contribution in [1.82, 2.24) is 0 Å². The summed E-state index contributed by atoms with van der Waals surface area (Å²) in [4.78, 5) is 63.7. The quantitative estimate of drug-likeness (QED) is 0.0196.